The van der Waals surface area contributed by atoms with Crippen molar-refractivity contribution in [3.05, 3.63) is 59.8 Å². The fourth-order valence-electron chi connectivity index (χ4n) is 3.11. The fraction of sp³-hybridized carbons (Fsp3) is 0.158. The highest BCUT2D eigenvalue weighted by Gasteiger charge is 2.41. The predicted octanol–water partition coefficient (Wildman–Crippen LogP) is 3.28. The Bertz CT molecular complexity index is 1220. The van der Waals surface area contributed by atoms with Gasteiger partial charge in [-0.3, -0.25) is 4.79 Å². The first-order chi connectivity index (χ1) is 13.9. The number of aliphatic carboxylic acids is 1. The number of sulfonamides is 1. The van der Waals surface area contributed by atoms with E-state index in [0.717, 1.165) is 12.1 Å². The van der Waals surface area contributed by atoms with Gasteiger partial charge in [-0.15, -0.1) is 0 Å². The van der Waals surface area contributed by atoms with Gasteiger partial charge in [-0.1, -0.05) is 36.4 Å². The van der Waals surface area contributed by atoms with Crippen molar-refractivity contribution < 1.29 is 31.5 Å². The number of hydrogen-bond acceptors (Lipinski definition) is 4. The third kappa shape index (κ3) is 4.21. The summed E-state index contributed by atoms with van der Waals surface area (Å²) in [7, 11) is -4.00. The fourth-order valence-corrected chi connectivity index (χ4v) is 3.62. The van der Waals surface area contributed by atoms with Crippen LogP contribution in [0.1, 0.15) is 11.3 Å². The van der Waals surface area contributed by atoms with Crippen molar-refractivity contribution in [2.75, 3.05) is 0 Å². The number of aryl methyl sites for hydroxylation is 1. The lowest BCUT2D eigenvalue weighted by Gasteiger charge is -2.13. The van der Waals surface area contributed by atoms with Crippen LogP contribution in [0.3, 0.4) is 0 Å². The van der Waals surface area contributed by atoms with E-state index in [1.807, 2.05) is 0 Å². The molecule has 0 atom stereocenters. The molecule has 158 valence electrons. The van der Waals surface area contributed by atoms with Gasteiger partial charge in [-0.2, -0.15) is 18.3 Å². The monoisotopic (exact) mass is 439 g/mol. The van der Waals surface area contributed by atoms with E-state index in [1.165, 1.54) is 18.2 Å². The third-order valence-corrected chi connectivity index (χ3v) is 5.31. The lowest BCUT2D eigenvalue weighted by molar-refractivity contribution is -0.146. The first-order valence-electron chi connectivity index (χ1n) is 8.48. The zero-order valence-electron chi connectivity index (χ0n) is 15.5. The minimum absolute atomic E-state index is 0.126. The maximum Gasteiger partial charge on any atom is 0.433 e. The van der Waals surface area contributed by atoms with Gasteiger partial charge in [-0.05, 0) is 30.2 Å². The molecule has 0 saturated heterocycles. The highest BCUT2D eigenvalue weighted by atomic mass is 32.2. The molecule has 0 radical (unpaired) electrons. The predicted molar refractivity (Wildman–Crippen MR) is 102 cm³/mol. The minimum atomic E-state index is -4.89. The van der Waals surface area contributed by atoms with Crippen LogP contribution in [0.2, 0.25) is 0 Å². The molecule has 11 heteroatoms. The van der Waals surface area contributed by atoms with Gasteiger partial charge in [-0.25, -0.2) is 18.2 Å². The molecular formula is C19H16F3N3O4S. The zero-order valence-corrected chi connectivity index (χ0v) is 16.3. The van der Waals surface area contributed by atoms with Gasteiger partial charge in [0.1, 0.15) is 12.2 Å². The average Bonchev–Trinajstić information content (AvgIpc) is 3.00. The summed E-state index contributed by atoms with van der Waals surface area (Å²) in [5.74, 6) is -1.49. The van der Waals surface area contributed by atoms with Crippen LogP contribution in [0, 0.1) is 6.92 Å². The van der Waals surface area contributed by atoms with Crippen molar-refractivity contribution in [3.8, 4) is 22.4 Å². The number of nitrogens with two attached hydrogens (primary N) is 1. The van der Waals surface area contributed by atoms with E-state index < -0.39 is 34.4 Å². The number of primary sulfonamides is 1. The molecule has 0 fully saturated rings. The second kappa shape index (κ2) is 7.58. The lowest BCUT2D eigenvalue weighted by atomic mass is 9.95. The summed E-state index contributed by atoms with van der Waals surface area (Å²) < 4.78 is 65.3. The SMILES string of the molecule is Cc1ccccc1-c1c(-c2ccc(S(N)(=O)=O)cc2)nn(CC(=O)O)c1C(F)(F)F. The molecule has 3 aromatic rings. The van der Waals surface area contributed by atoms with Gasteiger partial charge in [0.15, 0.2) is 5.69 Å². The number of rotatable bonds is 5. The normalized spacial score (nSPS) is 12.2. The Hall–Kier alpha value is -3.18. The Labute approximate surface area is 169 Å². The van der Waals surface area contributed by atoms with E-state index >= 15 is 0 Å². The number of carbonyl (C=O) groups is 1. The van der Waals surface area contributed by atoms with Gasteiger partial charge in [0.25, 0.3) is 0 Å². The molecule has 7 nitrogen and oxygen atoms in total. The Kier molecular flexibility index (Phi) is 5.44. The van der Waals surface area contributed by atoms with Gasteiger partial charge < -0.3 is 5.11 Å². The quantitative estimate of drug-likeness (QED) is 0.633. The Balaban J connectivity index is 2.36. The van der Waals surface area contributed by atoms with Crippen LogP contribution < -0.4 is 5.14 Å². The molecule has 0 saturated carbocycles. The van der Waals surface area contributed by atoms with Crippen molar-refractivity contribution in [2.24, 2.45) is 5.14 Å². The molecule has 3 rings (SSSR count). The summed E-state index contributed by atoms with van der Waals surface area (Å²) in [5.41, 5.74) is -0.684. The summed E-state index contributed by atoms with van der Waals surface area (Å²) in [5, 5.41) is 18.1. The number of aromatic nitrogens is 2. The highest BCUT2D eigenvalue weighted by Crippen LogP contribution is 2.43. The maximum atomic E-state index is 14.0. The minimum Gasteiger partial charge on any atom is -0.480 e. The standard InChI is InChI=1S/C19H16F3N3O4S/c1-11-4-2-3-5-14(11)16-17(12-6-8-13(9-7-12)30(23,28)29)24-25(10-15(26)27)18(16)19(20,21)22/h2-9H,10H2,1H3,(H,26,27)(H2,23,28,29). The summed E-state index contributed by atoms with van der Waals surface area (Å²) in [6.07, 6.45) is -4.89. The van der Waals surface area contributed by atoms with Crippen molar-refractivity contribution in [1.82, 2.24) is 9.78 Å². The van der Waals surface area contributed by atoms with Crippen LogP contribution in [0.5, 0.6) is 0 Å². The average molecular weight is 439 g/mol. The third-order valence-electron chi connectivity index (χ3n) is 4.38. The molecule has 2 aromatic carbocycles. The molecule has 0 aliphatic heterocycles. The number of carboxylic acid groups (broad SMARTS) is 1. The van der Waals surface area contributed by atoms with E-state index in [1.54, 1.807) is 25.1 Å². The van der Waals surface area contributed by atoms with Crippen LogP contribution >= 0.6 is 0 Å². The molecule has 0 unspecified atom stereocenters. The highest BCUT2D eigenvalue weighted by molar-refractivity contribution is 7.89. The van der Waals surface area contributed by atoms with Crippen LogP contribution in [0.15, 0.2) is 53.4 Å². The summed E-state index contributed by atoms with van der Waals surface area (Å²) in [6.45, 7) is 0.626. The van der Waals surface area contributed by atoms with E-state index in [0.29, 0.717) is 10.2 Å². The molecule has 1 aromatic heterocycles. The van der Waals surface area contributed by atoms with Gasteiger partial charge in [0.05, 0.1) is 4.90 Å². The molecule has 3 N–H and O–H groups in total. The topological polar surface area (TPSA) is 115 Å². The van der Waals surface area contributed by atoms with E-state index in [9.17, 15) is 26.4 Å². The van der Waals surface area contributed by atoms with Crippen LogP contribution in [-0.4, -0.2) is 29.3 Å². The summed E-state index contributed by atoms with van der Waals surface area (Å²) in [4.78, 5) is 10.9. The largest absolute Gasteiger partial charge is 0.480 e. The molecule has 0 aliphatic carbocycles. The number of carboxylic acids is 1. The molecule has 0 aliphatic rings. The molecule has 1 heterocycles. The Morgan fingerprint density at radius 1 is 1.13 bits per heavy atom. The maximum absolute atomic E-state index is 14.0. The number of hydrogen-bond donors (Lipinski definition) is 2. The van der Waals surface area contributed by atoms with Gasteiger partial charge in [0.2, 0.25) is 10.0 Å². The van der Waals surface area contributed by atoms with Crippen molar-refractivity contribution >= 4 is 16.0 Å². The van der Waals surface area contributed by atoms with Crippen molar-refractivity contribution in [1.29, 1.82) is 0 Å². The number of nitrogens with zero attached hydrogens (tertiary/aromatic N) is 2. The second-order valence-electron chi connectivity index (χ2n) is 6.51. The van der Waals surface area contributed by atoms with Crippen molar-refractivity contribution in [2.45, 2.75) is 24.5 Å². The van der Waals surface area contributed by atoms with Crippen LogP contribution in [0.4, 0.5) is 13.2 Å². The van der Waals surface area contributed by atoms with E-state index in [-0.39, 0.29) is 27.3 Å². The van der Waals surface area contributed by atoms with Gasteiger partial charge in [0, 0.05) is 11.1 Å². The Morgan fingerprint density at radius 3 is 2.23 bits per heavy atom. The molecular weight excluding hydrogens is 423 g/mol. The van der Waals surface area contributed by atoms with E-state index in [4.69, 9.17) is 10.2 Å². The number of benzene rings is 2. The first-order valence-corrected chi connectivity index (χ1v) is 10.0. The lowest BCUT2D eigenvalue weighted by Crippen LogP contribution is -2.19. The molecule has 30 heavy (non-hydrogen) atoms. The summed E-state index contributed by atoms with van der Waals surface area (Å²) >= 11 is 0. The molecule has 0 bridgehead atoms. The summed E-state index contributed by atoms with van der Waals surface area (Å²) in [6, 6.07) is 11.2. The number of alkyl halides is 3. The van der Waals surface area contributed by atoms with Crippen LogP contribution in [0.25, 0.3) is 22.4 Å². The second-order valence-corrected chi connectivity index (χ2v) is 8.07. The number of halogens is 3. The first kappa shape index (κ1) is 21.5. The molecule has 0 spiro atoms. The smallest absolute Gasteiger partial charge is 0.433 e. The van der Waals surface area contributed by atoms with E-state index in [2.05, 4.69) is 5.10 Å². The molecule has 0 amide bonds. The van der Waals surface area contributed by atoms with Gasteiger partial charge >= 0.3 is 12.1 Å². The zero-order chi connectivity index (χ0) is 22.3. The van der Waals surface area contributed by atoms with Crippen LogP contribution in [-0.2, 0) is 27.5 Å². The van der Waals surface area contributed by atoms with Crippen molar-refractivity contribution in [3.63, 3.8) is 0 Å². The Morgan fingerprint density at radius 2 is 1.73 bits per heavy atom.